The van der Waals surface area contributed by atoms with Crippen LogP contribution >= 0.6 is 0 Å². The molecule has 3 rings (SSSR count). The maximum atomic E-state index is 5.45. The van der Waals surface area contributed by atoms with Crippen molar-refractivity contribution in [1.29, 1.82) is 0 Å². The fourth-order valence-electron chi connectivity index (χ4n) is 3.42. The minimum absolute atomic E-state index is 0.870. The lowest BCUT2D eigenvalue weighted by Gasteiger charge is -2.37. The van der Waals surface area contributed by atoms with Crippen molar-refractivity contribution in [3.05, 3.63) is 35.9 Å². The molecule has 0 radical (unpaired) electrons. The van der Waals surface area contributed by atoms with Crippen LogP contribution < -0.4 is 0 Å². The highest BCUT2D eigenvalue weighted by molar-refractivity contribution is 5.14. The van der Waals surface area contributed by atoms with Gasteiger partial charge in [0.1, 0.15) is 0 Å². The van der Waals surface area contributed by atoms with Gasteiger partial charge in [0.05, 0.1) is 0 Å². The summed E-state index contributed by atoms with van der Waals surface area (Å²) in [6.07, 6.45) is 3.70. The molecule has 3 nitrogen and oxygen atoms in total. The second kappa shape index (κ2) is 7.92. The van der Waals surface area contributed by atoms with Crippen molar-refractivity contribution in [1.82, 2.24) is 9.80 Å². The third kappa shape index (κ3) is 4.80. The standard InChI is InChI=1S/C18H28N2O/c1-2-4-17(5-3-1)6-9-19-10-12-20(13-11-19)16-18-7-14-21-15-8-18/h1-5,18H,6-16H2. The van der Waals surface area contributed by atoms with Gasteiger partial charge in [-0.15, -0.1) is 0 Å². The zero-order chi connectivity index (χ0) is 14.3. The Bertz CT molecular complexity index is 395. The Hall–Kier alpha value is -0.900. The van der Waals surface area contributed by atoms with Gasteiger partial charge in [-0.1, -0.05) is 30.3 Å². The second-order valence-corrected chi connectivity index (χ2v) is 6.43. The number of rotatable bonds is 5. The van der Waals surface area contributed by atoms with Crippen LogP contribution in [-0.2, 0) is 11.2 Å². The van der Waals surface area contributed by atoms with E-state index in [0.717, 1.165) is 19.1 Å². The molecule has 21 heavy (non-hydrogen) atoms. The lowest BCUT2D eigenvalue weighted by molar-refractivity contribution is 0.0424. The molecular formula is C18H28N2O. The van der Waals surface area contributed by atoms with E-state index in [1.807, 2.05) is 0 Å². The van der Waals surface area contributed by atoms with Crippen molar-refractivity contribution in [2.24, 2.45) is 5.92 Å². The number of ether oxygens (including phenoxy) is 1. The summed E-state index contributed by atoms with van der Waals surface area (Å²) in [5.74, 6) is 0.870. The van der Waals surface area contributed by atoms with E-state index in [1.165, 1.54) is 64.1 Å². The SMILES string of the molecule is c1ccc(CCN2CCN(CC3CCOCC3)CC2)cc1. The molecule has 0 aromatic heterocycles. The molecule has 2 heterocycles. The zero-order valence-electron chi connectivity index (χ0n) is 13.0. The fraction of sp³-hybridized carbons (Fsp3) is 0.667. The molecule has 0 N–H and O–H groups in total. The third-order valence-electron chi connectivity index (χ3n) is 4.88. The van der Waals surface area contributed by atoms with Crippen molar-refractivity contribution < 1.29 is 4.74 Å². The molecule has 0 spiro atoms. The largest absolute Gasteiger partial charge is 0.381 e. The minimum atomic E-state index is 0.870. The van der Waals surface area contributed by atoms with Gasteiger partial charge in [0.15, 0.2) is 0 Å². The summed E-state index contributed by atoms with van der Waals surface area (Å²) in [6.45, 7) is 9.39. The van der Waals surface area contributed by atoms with Gasteiger partial charge in [-0.05, 0) is 30.7 Å². The summed E-state index contributed by atoms with van der Waals surface area (Å²) >= 11 is 0. The van der Waals surface area contributed by atoms with Gasteiger partial charge < -0.3 is 14.5 Å². The van der Waals surface area contributed by atoms with Crippen molar-refractivity contribution >= 4 is 0 Å². The molecule has 0 amide bonds. The highest BCUT2D eigenvalue weighted by atomic mass is 16.5. The Labute approximate surface area is 128 Å². The highest BCUT2D eigenvalue weighted by Gasteiger charge is 2.21. The molecule has 0 saturated carbocycles. The molecule has 116 valence electrons. The first kappa shape index (κ1) is 15.0. The van der Waals surface area contributed by atoms with Crippen LogP contribution in [0.5, 0.6) is 0 Å². The van der Waals surface area contributed by atoms with Gasteiger partial charge >= 0.3 is 0 Å². The smallest absolute Gasteiger partial charge is 0.0469 e. The van der Waals surface area contributed by atoms with Crippen LogP contribution in [-0.4, -0.2) is 62.3 Å². The summed E-state index contributed by atoms with van der Waals surface area (Å²) in [7, 11) is 0. The van der Waals surface area contributed by atoms with Crippen LogP contribution in [0.1, 0.15) is 18.4 Å². The van der Waals surface area contributed by atoms with E-state index in [4.69, 9.17) is 4.74 Å². The van der Waals surface area contributed by atoms with Crippen molar-refractivity contribution in [2.75, 3.05) is 52.5 Å². The van der Waals surface area contributed by atoms with Gasteiger partial charge in [0.2, 0.25) is 0 Å². The maximum Gasteiger partial charge on any atom is 0.0469 e. The average molecular weight is 288 g/mol. The number of piperazine rings is 1. The van der Waals surface area contributed by atoms with E-state index in [1.54, 1.807) is 0 Å². The van der Waals surface area contributed by atoms with E-state index >= 15 is 0 Å². The van der Waals surface area contributed by atoms with Gasteiger partial charge in [-0.25, -0.2) is 0 Å². The molecule has 1 aromatic carbocycles. The molecule has 0 unspecified atom stereocenters. The Balaban J connectivity index is 1.35. The molecule has 1 aromatic rings. The molecule has 2 fully saturated rings. The van der Waals surface area contributed by atoms with Gasteiger partial charge in [-0.2, -0.15) is 0 Å². The van der Waals surface area contributed by atoms with Crippen LogP contribution in [0.4, 0.5) is 0 Å². The lowest BCUT2D eigenvalue weighted by Crippen LogP contribution is -2.48. The van der Waals surface area contributed by atoms with E-state index in [9.17, 15) is 0 Å². The first-order chi connectivity index (χ1) is 10.4. The van der Waals surface area contributed by atoms with Crippen LogP contribution in [0.3, 0.4) is 0 Å². The van der Waals surface area contributed by atoms with E-state index < -0.39 is 0 Å². The minimum Gasteiger partial charge on any atom is -0.381 e. The molecule has 2 aliphatic heterocycles. The summed E-state index contributed by atoms with van der Waals surface area (Å²) in [6, 6.07) is 10.9. The molecular weight excluding hydrogens is 260 g/mol. The Morgan fingerprint density at radius 3 is 2.29 bits per heavy atom. The number of hydrogen-bond donors (Lipinski definition) is 0. The third-order valence-corrected chi connectivity index (χ3v) is 4.88. The molecule has 0 bridgehead atoms. The van der Waals surface area contributed by atoms with Gasteiger partial charge in [0, 0.05) is 52.5 Å². The number of benzene rings is 1. The Morgan fingerprint density at radius 2 is 1.57 bits per heavy atom. The monoisotopic (exact) mass is 288 g/mol. The zero-order valence-corrected chi connectivity index (χ0v) is 13.0. The van der Waals surface area contributed by atoms with E-state index in [-0.39, 0.29) is 0 Å². The molecule has 0 atom stereocenters. The maximum absolute atomic E-state index is 5.45. The van der Waals surface area contributed by atoms with Gasteiger partial charge in [-0.3, -0.25) is 0 Å². The van der Waals surface area contributed by atoms with Crippen molar-refractivity contribution in [3.63, 3.8) is 0 Å². The normalized spacial score (nSPS) is 22.5. The predicted octanol–water partition coefficient (Wildman–Crippen LogP) is 2.27. The summed E-state index contributed by atoms with van der Waals surface area (Å²) in [4.78, 5) is 5.28. The Morgan fingerprint density at radius 1 is 0.905 bits per heavy atom. The topological polar surface area (TPSA) is 15.7 Å². The van der Waals surface area contributed by atoms with Gasteiger partial charge in [0.25, 0.3) is 0 Å². The lowest BCUT2D eigenvalue weighted by atomic mass is 9.99. The highest BCUT2D eigenvalue weighted by Crippen LogP contribution is 2.17. The van der Waals surface area contributed by atoms with Crippen LogP contribution in [0, 0.1) is 5.92 Å². The van der Waals surface area contributed by atoms with Crippen LogP contribution in [0.15, 0.2) is 30.3 Å². The molecule has 3 heteroatoms. The Kier molecular flexibility index (Phi) is 5.67. The first-order valence-corrected chi connectivity index (χ1v) is 8.46. The fourth-order valence-corrected chi connectivity index (χ4v) is 3.42. The summed E-state index contributed by atoms with van der Waals surface area (Å²) in [5.41, 5.74) is 1.46. The molecule has 2 aliphatic rings. The van der Waals surface area contributed by atoms with Crippen LogP contribution in [0.2, 0.25) is 0 Å². The molecule has 2 saturated heterocycles. The molecule has 0 aliphatic carbocycles. The van der Waals surface area contributed by atoms with Crippen LogP contribution in [0.25, 0.3) is 0 Å². The summed E-state index contributed by atoms with van der Waals surface area (Å²) in [5, 5.41) is 0. The second-order valence-electron chi connectivity index (χ2n) is 6.43. The quantitative estimate of drug-likeness (QED) is 0.827. The van der Waals surface area contributed by atoms with Crippen molar-refractivity contribution in [3.8, 4) is 0 Å². The van der Waals surface area contributed by atoms with Crippen molar-refractivity contribution in [2.45, 2.75) is 19.3 Å². The predicted molar refractivity (Wildman–Crippen MR) is 86.6 cm³/mol. The average Bonchev–Trinajstić information content (AvgIpc) is 2.56. The summed E-state index contributed by atoms with van der Waals surface area (Å²) < 4.78 is 5.45. The number of nitrogens with zero attached hydrogens (tertiary/aromatic N) is 2. The van der Waals surface area contributed by atoms with E-state index in [0.29, 0.717) is 0 Å². The first-order valence-electron chi connectivity index (χ1n) is 8.46. The van der Waals surface area contributed by atoms with E-state index in [2.05, 4.69) is 40.1 Å². The number of hydrogen-bond acceptors (Lipinski definition) is 3.